The summed E-state index contributed by atoms with van der Waals surface area (Å²) in [6, 6.07) is 4.95. The van der Waals surface area contributed by atoms with Gasteiger partial charge in [-0.1, -0.05) is 6.07 Å². The molecule has 0 heterocycles. The summed E-state index contributed by atoms with van der Waals surface area (Å²) in [4.78, 5) is 25.3. The van der Waals surface area contributed by atoms with E-state index in [1.807, 2.05) is 13.8 Å². The van der Waals surface area contributed by atoms with Gasteiger partial charge in [-0.25, -0.2) is 0 Å². The third-order valence-electron chi connectivity index (χ3n) is 4.20. The Kier molecular flexibility index (Phi) is 4.50. The Hall–Kier alpha value is -2.04. The summed E-state index contributed by atoms with van der Waals surface area (Å²) in [5.41, 5.74) is 1.61. The smallest absolute Gasteiger partial charge is 0.306 e. The quantitative estimate of drug-likeness (QED) is 0.893. The Balaban J connectivity index is 2.20. The zero-order valence-corrected chi connectivity index (χ0v) is 12.4. The second-order valence-corrected chi connectivity index (χ2v) is 5.60. The molecule has 0 aromatic heterocycles. The van der Waals surface area contributed by atoms with Crippen LogP contribution in [0.3, 0.4) is 0 Å². The standard InChI is InChI=1S/C16H21NO4/c1-3-17(14-9-13(18)7-4-10(14)2)15(19)11-5-6-12(8-11)16(20)21/h4,7,9,11-12,18H,3,5-6,8H2,1-2H3,(H,20,21). The number of anilines is 1. The molecule has 2 rings (SSSR count). The van der Waals surface area contributed by atoms with Gasteiger partial charge in [0.2, 0.25) is 5.91 Å². The van der Waals surface area contributed by atoms with Crippen LogP contribution in [0.5, 0.6) is 5.75 Å². The van der Waals surface area contributed by atoms with Crippen molar-refractivity contribution >= 4 is 17.6 Å². The predicted molar refractivity (Wildman–Crippen MR) is 79.3 cm³/mol. The van der Waals surface area contributed by atoms with E-state index < -0.39 is 11.9 Å². The number of aliphatic carboxylic acids is 1. The van der Waals surface area contributed by atoms with Crippen LogP contribution < -0.4 is 4.90 Å². The summed E-state index contributed by atoms with van der Waals surface area (Å²) >= 11 is 0. The first-order valence-corrected chi connectivity index (χ1v) is 7.27. The number of benzene rings is 1. The summed E-state index contributed by atoms with van der Waals surface area (Å²) in [6.07, 6.45) is 1.58. The van der Waals surface area contributed by atoms with E-state index in [9.17, 15) is 14.7 Å². The number of carboxylic acid groups (broad SMARTS) is 1. The number of carboxylic acids is 1. The second-order valence-electron chi connectivity index (χ2n) is 5.60. The number of hydrogen-bond donors (Lipinski definition) is 2. The molecule has 1 aliphatic rings. The Morgan fingerprint density at radius 3 is 2.52 bits per heavy atom. The van der Waals surface area contributed by atoms with Gasteiger partial charge in [-0.15, -0.1) is 0 Å². The molecule has 0 spiro atoms. The number of amides is 1. The van der Waals surface area contributed by atoms with Gasteiger partial charge in [-0.2, -0.15) is 0 Å². The highest BCUT2D eigenvalue weighted by molar-refractivity contribution is 5.96. The number of phenols is 1. The van der Waals surface area contributed by atoms with E-state index in [0.29, 0.717) is 31.5 Å². The molecule has 1 saturated carbocycles. The molecule has 0 saturated heterocycles. The van der Waals surface area contributed by atoms with Crippen LogP contribution in [0.25, 0.3) is 0 Å². The van der Waals surface area contributed by atoms with E-state index in [2.05, 4.69) is 0 Å². The molecule has 5 nitrogen and oxygen atoms in total. The monoisotopic (exact) mass is 291 g/mol. The zero-order valence-electron chi connectivity index (χ0n) is 12.4. The van der Waals surface area contributed by atoms with Gasteiger partial charge in [-0.05, 0) is 44.7 Å². The van der Waals surface area contributed by atoms with Gasteiger partial charge < -0.3 is 15.1 Å². The molecular formula is C16H21NO4. The third kappa shape index (κ3) is 3.17. The van der Waals surface area contributed by atoms with Gasteiger partial charge in [-0.3, -0.25) is 9.59 Å². The van der Waals surface area contributed by atoms with Gasteiger partial charge in [0.15, 0.2) is 0 Å². The highest BCUT2D eigenvalue weighted by Gasteiger charge is 2.36. The topological polar surface area (TPSA) is 77.8 Å². The first-order chi connectivity index (χ1) is 9.93. The van der Waals surface area contributed by atoms with E-state index in [1.54, 1.807) is 23.1 Å². The number of nitrogens with zero attached hydrogens (tertiary/aromatic N) is 1. The summed E-state index contributed by atoms with van der Waals surface area (Å²) in [6.45, 7) is 4.27. The van der Waals surface area contributed by atoms with Gasteiger partial charge in [0.1, 0.15) is 5.75 Å². The van der Waals surface area contributed by atoms with Crippen molar-refractivity contribution in [1.82, 2.24) is 0 Å². The fraction of sp³-hybridized carbons (Fsp3) is 0.500. The van der Waals surface area contributed by atoms with Crippen molar-refractivity contribution < 1.29 is 19.8 Å². The maximum atomic E-state index is 12.7. The molecule has 0 aliphatic heterocycles. The molecule has 2 atom stereocenters. The molecule has 0 radical (unpaired) electrons. The van der Waals surface area contributed by atoms with E-state index in [1.165, 1.54) is 0 Å². The summed E-state index contributed by atoms with van der Waals surface area (Å²) in [5.74, 6) is -1.40. The molecule has 114 valence electrons. The first-order valence-electron chi connectivity index (χ1n) is 7.27. The average molecular weight is 291 g/mol. The van der Waals surface area contributed by atoms with E-state index >= 15 is 0 Å². The SMILES string of the molecule is CCN(C(=O)C1CCC(C(=O)O)C1)c1cc(O)ccc1C. The van der Waals surface area contributed by atoms with Crippen molar-refractivity contribution in [2.24, 2.45) is 11.8 Å². The lowest BCUT2D eigenvalue weighted by Crippen LogP contribution is -2.36. The van der Waals surface area contributed by atoms with Gasteiger partial charge in [0.25, 0.3) is 0 Å². The van der Waals surface area contributed by atoms with Crippen LogP contribution in [0.2, 0.25) is 0 Å². The van der Waals surface area contributed by atoms with Crippen molar-refractivity contribution in [3.63, 3.8) is 0 Å². The Morgan fingerprint density at radius 1 is 1.29 bits per heavy atom. The lowest BCUT2D eigenvalue weighted by atomic mass is 10.0. The molecule has 1 aliphatic carbocycles. The van der Waals surface area contributed by atoms with Crippen LogP contribution in [-0.2, 0) is 9.59 Å². The molecule has 2 N–H and O–H groups in total. The minimum atomic E-state index is -0.818. The van der Waals surface area contributed by atoms with E-state index in [-0.39, 0.29) is 17.6 Å². The maximum absolute atomic E-state index is 12.7. The predicted octanol–water partition coefficient (Wildman–Crippen LogP) is 2.55. The van der Waals surface area contributed by atoms with Gasteiger partial charge in [0, 0.05) is 18.5 Å². The molecule has 2 unspecified atom stereocenters. The third-order valence-corrected chi connectivity index (χ3v) is 4.20. The number of aromatic hydroxyl groups is 1. The van der Waals surface area contributed by atoms with Crippen LogP contribution in [0.15, 0.2) is 18.2 Å². The fourth-order valence-electron chi connectivity index (χ4n) is 2.98. The van der Waals surface area contributed by atoms with Crippen molar-refractivity contribution in [2.75, 3.05) is 11.4 Å². The van der Waals surface area contributed by atoms with Crippen molar-refractivity contribution in [3.8, 4) is 5.75 Å². The molecule has 21 heavy (non-hydrogen) atoms. The van der Waals surface area contributed by atoms with Crippen LogP contribution in [0.4, 0.5) is 5.69 Å². The fourth-order valence-corrected chi connectivity index (χ4v) is 2.98. The normalized spacial score (nSPS) is 21.2. The molecule has 1 amide bonds. The summed E-state index contributed by atoms with van der Waals surface area (Å²) in [5, 5.41) is 18.7. The lowest BCUT2D eigenvalue weighted by molar-refractivity contribution is -0.141. The summed E-state index contributed by atoms with van der Waals surface area (Å²) < 4.78 is 0. The molecule has 1 fully saturated rings. The molecule has 5 heteroatoms. The number of rotatable bonds is 4. The zero-order chi connectivity index (χ0) is 15.6. The highest BCUT2D eigenvalue weighted by Crippen LogP contribution is 2.34. The Labute approximate surface area is 124 Å². The first kappa shape index (κ1) is 15.4. The maximum Gasteiger partial charge on any atom is 0.306 e. The second kappa shape index (κ2) is 6.16. The molecule has 0 bridgehead atoms. The molecule has 1 aromatic rings. The number of phenolic OH excluding ortho intramolecular Hbond substituents is 1. The number of carbonyl (C=O) groups excluding carboxylic acids is 1. The van der Waals surface area contributed by atoms with Gasteiger partial charge in [0.05, 0.1) is 11.6 Å². The molecule has 1 aromatic carbocycles. The largest absolute Gasteiger partial charge is 0.508 e. The number of carbonyl (C=O) groups is 2. The van der Waals surface area contributed by atoms with Crippen LogP contribution >= 0.6 is 0 Å². The highest BCUT2D eigenvalue weighted by atomic mass is 16.4. The number of aryl methyl sites for hydroxylation is 1. The van der Waals surface area contributed by atoms with Crippen LogP contribution in [0, 0.1) is 18.8 Å². The van der Waals surface area contributed by atoms with Gasteiger partial charge >= 0.3 is 5.97 Å². The van der Waals surface area contributed by atoms with Crippen LogP contribution in [0.1, 0.15) is 31.7 Å². The number of hydrogen-bond acceptors (Lipinski definition) is 3. The van der Waals surface area contributed by atoms with Crippen molar-refractivity contribution in [2.45, 2.75) is 33.1 Å². The van der Waals surface area contributed by atoms with Crippen molar-refractivity contribution in [1.29, 1.82) is 0 Å². The van der Waals surface area contributed by atoms with Crippen molar-refractivity contribution in [3.05, 3.63) is 23.8 Å². The molecular weight excluding hydrogens is 270 g/mol. The Bertz CT molecular complexity index is 555. The summed E-state index contributed by atoms with van der Waals surface area (Å²) in [7, 11) is 0. The minimum absolute atomic E-state index is 0.0463. The minimum Gasteiger partial charge on any atom is -0.508 e. The van der Waals surface area contributed by atoms with Crippen LogP contribution in [-0.4, -0.2) is 28.6 Å². The van der Waals surface area contributed by atoms with E-state index in [0.717, 1.165) is 5.56 Å². The lowest BCUT2D eigenvalue weighted by Gasteiger charge is -2.26. The Morgan fingerprint density at radius 2 is 1.95 bits per heavy atom. The average Bonchev–Trinajstić information content (AvgIpc) is 2.93. The van der Waals surface area contributed by atoms with E-state index in [4.69, 9.17) is 5.11 Å².